The Morgan fingerprint density at radius 1 is 1.07 bits per heavy atom. The number of morpholine rings is 1. The molecular formula is C21H26N2O4S2. The van der Waals surface area contributed by atoms with E-state index < -0.39 is 10.0 Å². The molecule has 0 radical (unpaired) electrons. The normalized spacial score (nSPS) is 15.3. The topological polar surface area (TPSA) is 75.7 Å². The number of rotatable bonds is 6. The number of ether oxygens (including phenoxy) is 1. The number of thioether (sulfide) groups is 1. The second-order valence-corrected chi connectivity index (χ2v) is 10.1. The molecule has 1 fully saturated rings. The van der Waals surface area contributed by atoms with Crippen LogP contribution in [-0.2, 0) is 19.6 Å². The van der Waals surface area contributed by atoms with Gasteiger partial charge in [-0.1, -0.05) is 23.8 Å². The van der Waals surface area contributed by atoms with Crippen molar-refractivity contribution in [1.82, 2.24) is 4.31 Å². The second kappa shape index (κ2) is 9.30. The van der Waals surface area contributed by atoms with Gasteiger partial charge in [-0.05, 0) is 50.1 Å². The molecule has 1 aliphatic heterocycles. The summed E-state index contributed by atoms with van der Waals surface area (Å²) in [6, 6.07) is 11.0. The van der Waals surface area contributed by atoms with E-state index in [9.17, 15) is 13.2 Å². The third kappa shape index (κ3) is 5.39. The number of carbonyl (C=O) groups is 1. The van der Waals surface area contributed by atoms with Gasteiger partial charge in [0, 0.05) is 23.7 Å². The van der Waals surface area contributed by atoms with Crippen molar-refractivity contribution in [2.45, 2.75) is 30.6 Å². The quantitative estimate of drug-likeness (QED) is 0.706. The molecule has 8 heteroatoms. The Morgan fingerprint density at radius 2 is 1.79 bits per heavy atom. The summed E-state index contributed by atoms with van der Waals surface area (Å²) in [5.41, 5.74) is 3.66. The summed E-state index contributed by atoms with van der Waals surface area (Å²) in [7, 11) is -3.61. The lowest BCUT2D eigenvalue weighted by molar-refractivity contribution is -0.113. The van der Waals surface area contributed by atoms with Crippen molar-refractivity contribution < 1.29 is 17.9 Å². The lowest BCUT2D eigenvalue weighted by Crippen LogP contribution is -2.40. The highest BCUT2D eigenvalue weighted by Gasteiger charge is 2.26. The van der Waals surface area contributed by atoms with Crippen LogP contribution in [0.1, 0.15) is 16.7 Å². The average molecular weight is 435 g/mol. The van der Waals surface area contributed by atoms with E-state index in [1.807, 2.05) is 32.9 Å². The maximum atomic E-state index is 12.9. The number of hydrogen-bond donors (Lipinski definition) is 1. The highest BCUT2D eigenvalue weighted by molar-refractivity contribution is 8.00. The molecule has 0 atom stereocenters. The Labute approximate surface area is 176 Å². The molecule has 1 aliphatic rings. The first-order valence-corrected chi connectivity index (χ1v) is 11.9. The van der Waals surface area contributed by atoms with Crippen molar-refractivity contribution in [3.05, 3.63) is 53.1 Å². The zero-order chi connectivity index (χ0) is 21.0. The van der Waals surface area contributed by atoms with Crippen LogP contribution >= 0.6 is 11.8 Å². The highest BCUT2D eigenvalue weighted by Crippen LogP contribution is 2.26. The van der Waals surface area contributed by atoms with Gasteiger partial charge in [-0.2, -0.15) is 4.31 Å². The van der Waals surface area contributed by atoms with Gasteiger partial charge in [-0.3, -0.25) is 4.79 Å². The van der Waals surface area contributed by atoms with Gasteiger partial charge < -0.3 is 10.1 Å². The minimum atomic E-state index is -3.61. The van der Waals surface area contributed by atoms with E-state index in [-0.39, 0.29) is 16.6 Å². The molecule has 1 heterocycles. The molecular weight excluding hydrogens is 408 g/mol. The van der Waals surface area contributed by atoms with E-state index in [2.05, 4.69) is 11.4 Å². The van der Waals surface area contributed by atoms with Crippen molar-refractivity contribution in [3.63, 3.8) is 0 Å². The van der Waals surface area contributed by atoms with Crippen molar-refractivity contribution in [3.8, 4) is 0 Å². The maximum absolute atomic E-state index is 12.9. The number of anilines is 1. The number of nitrogens with one attached hydrogen (secondary N) is 1. The molecule has 156 valence electrons. The molecule has 0 bridgehead atoms. The van der Waals surface area contributed by atoms with Gasteiger partial charge in [0.25, 0.3) is 0 Å². The number of carbonyl (C=O) groups excluding carboxylic acids is 1. The monoisotopic (exact) mass is 434 g/mol. The molecule has 1 amide bonds. The number of amides is 1. The summed E-state index contributed by atoms with van der Waals surface area (Å²) >= 11 is 1.47. The zero-order valence-electron chi connectivity index (χ0n) is 16.9. The van der Waals surface area contributed by atoms with Crippen LogP contribution in [0.15, 0.2) is 46.2 Å². The minimum Gasteiger partial charge on any atom is -0.379 e. The van der Waals surface area contributed by atoms with Crippen LogP contribution in [0, 0.1) is 20.8 Å². The standard InChI is InChI=1S/C21H26N2O4S2/c1-15-4-7-20(17(3)12-15)28-14-21(24)22-19-13-18(6-5-16(19)2)29(25,26)23-8-10-27-11-9-23/h4-7,12-13H,8-11,14H2,1-3H3,(H,22,24). The lowest BCUT2D eigenvalue weighted by atomic mass is 10.2. The molecule has 2 aromatic carbocycles. The third-order valence-electron chi connectivity index (χ3n) is 4.78. The van der Waals surface area contributed by atoms with E-state index in [0.717, 1.165) is 16.0 Å². The summed E-state index contributed by atoms with van der Waals surface area (Å²) in [6.45, 7) is 7.37. The van der Waals surface area contributed by atoms with Crippen LogP contribution in [0.3, 0.4) is 0 Å². The zero-order valence-corrected chi connectivity index (χ0v) is 18.5. The van der Waals surface area contributed by atoms with Gasteiger partial charge in [-0.25, -0.2) is 8.42 Å². The first-order valence-electron chi connectivity index (χ1n) is 9.46. The van der Waals surface area contributed by atoms with Gasteiger partial charge in [0.05, 0.1) is 23.9 Å². The van der Waals surface area contributed by atoms with Gasteiger partial charge in [0.2, 0.25) is 15.9 Å². The molecule has 3 rings (SSSR count). The van der Waals surface area contributed by atoms with Crippen LogP contribution in [-0.4, -0.2) is 50.7 Å². The number of hydrogen-bond acceptors (Lipinski definition) is 5. The Kier molecular flexibility index (Phi) is 7.00. The fourth-order valence-corrected chi connectivity index (χ4v) is 5.37. The van der Waals surface area contributed by atoms with Crippen LogP contribution in [0.2, 0.25) is 0 Å². The Hall–Kier alpha value is -1.87. The molecule has 0 aliphatic carbocycles. The van der Waals surface area contributed by atoms with Crippen LogP contribution in [0.25, 0.3) is 0 Å². The van der Waals surface area contributed by atoms with Gasteiger partial charge in [-0.15, -0.1) is 11.8 Å². The summed E-state index contributed by atoms with van der Waals surface area (Å²) in [5, 5.41) is 2.86. The van der Waals surface area contributed by atoms with E-state index in [1.54, 1.807) is 18.2 Å². The van der Waals surface area contributed by atoms with Crippen LogP contribution in [0.4, 0.5) is 5.69 Å². The molecule has 2 aromatic rings. The Bertz CT molecular complexity index is 1000. The summed E-state index contributed by atoms with van der Waals surface area (Å²) in [4.78, 5) is 13.7. The molecule has 0 saturated carbocycles. The van der Waals surface area contributed by atoms with Crippen molar-refractivity contribution in [2.24, 2.45) is 0 Å². The highest BCUT2D eigenvalue weighted by atomic mass is 32.2. The predicted octanol–water partition coefficient (Wildman–Crippen LogP) is 3.36. The lowest BCUT2D eigenvalue weighted by Gasteiger charge is -2.26. The summed E-state index contributed by atoms with van der Waals surface area (Å²) in [6.07, 6.45) is 0. The molecule has 29 heavy (non-hydrogen) atoms. The molecule has 0 aromatic heterocycles. The number of aryl methyl sites for hydroxylation is 3. The minimum absolute atomic E-state index is 0.168. The number of benzene rings is 2. The predicted molar refractivity (Wildman–Crippen MR) is 116 cm³/mol. The fraction of sp³-hybridized carbons (Fsp3) is 0.381. The van der Waals surface area contributed by atoms with E-state index in [4.69, 9.17) is 4.74 Å². The summed E-state index contributed by atoms with van der Waals surface area (Å²) in [5.74, 6) is 0.0862. The largest absolute Gasteiger partial charge is 0.379 e. The van der Waals surface area contributed by atoms with Gasteiger partial charge >= 0.3 is 0 Å². The Morgan fingerprint density at radius 3 is 2.48 bits per heavy atom. The molecule has 1 N–H and O–H groups in total. The number of nitrogens with zero attached hydrogens (tertiary/aromatic N) is 1. The number of sulfonamides is 1. The van der Waals surface area contributed by atoms with Crippen LogP contribution < -0.4 is 5.32 Å². The van der Waals surface area contributed by atoms with Crippen LogP contribution in [0.5, 0.6) is 0 Å². The van der Waals surface area contributed by atoms with Gasteiger partial charge in [0.15, 0.2) is 0 Å². The fourth-order valence-electron chi connectivity index (χ4n) is 3.12. The van der Waals surface area contributed by atoms with Crippen molar-refractivity contribution >= 4 is 33.4 Å². The van der Waals surface area contributed by atoms with Crippen molar-refractivity contribution in [2.75, 3.05) is 37.4 Å². The molecule has 0 spiro atoms. The second-order valence-electron chi connectivity index (χ2n) is 7.10. The Balaban J connectivity index is 1.70. The SMILES string of the molecule is Cc1ccc(SCC(=O)Nc2cc(S(=O)(=O)N3CCOCC3)ccc2C)c(C)c1. The van der Waals surface area contributed by atoms with E-state index in [0.29, 0.717) is 32.0 Å². The average Bonchev–Trinajstić information content (AvgIpc) is 2.69. The summed E-state index contributed by atoms with van der Waals surface area (Å²) < 4.78 is 32.4. The van der Waals surface area contributed by atoms with Gasteiger partial charge in [0.1, 0.15) is 0 Å². The first kappa shape index (κ1) is 21.8. The van der Waals surface area contributed by atoms with Crippen molar-refractivity contribution in [1.29, 1.82) is 0 Å². The first-order chi connectivity index (χ1) is 13.8. The third-order valence-corrected chi connectivity index (χ3v) is 7.85. The maximum Gasteiger partial charge on any atom is 0.243 e. The van der Waals surface area contributed by atoms with E-state index in [1.165, 1.54) is 21.6 Å². The smallest absolute Gasteiger partial charge is 0.243 e. The van der Waals surface area contributed by atoms with E-state index >= 15 is 0 Å². The molecule has 0 unspecified atom stereocenters. The molecule has 1 saturated heterocycles. The molecule has 6 nitrogen and oxygen atoms in total.